The van der Waals surface area contributed by atoms with Crippen molar-refractivity contribution in [1.82, 2.24) is 9.78 Å². The summed E-state index contributed by atoms with van der Waals surface area (Å²) in [5, 5.41) is 27.0. The first-order chi connectivity index (χ1) is 9.49. The Hall–Kier alpha value is -2.90. The number of nitrogens with one attached hydrogen (secondary N) is 1. The number of nitro groups is 1. The van der Waals surface area contributed by atoms with E-state index in [1.165, 1.54) is 18.2 Å². The van der Waals surface area contributed by atoms with Crippen LogP contribution in [-0.2, 0) is 13.6 Å². The van der Waals surface area contributed by atoms with Gasteiger partial charge in [0.15, 0.2) is 0 Å². The minimum absolute atomic E-state index is 0.139. The monoisotopic (exact) mass is 276 g/mol. The zero-order valence-electron chi connectivity index (χ0n) is 10.6. The van der Waals surface area contributed by atoms with Crippen LogP contribution in [0.1, 0.15) is 15.9 Å². The van der Waals surface area contributed by atoms with E-state index in [1.54, 1.807) is 24.0 Å². The Morgan fingerprint density at radius 2 is 2.25 bits per heavy atom. The molecule has 0 spiro atoms. The van der Waals surface area contributed by atoms with Gasteiger partial charge in [-0.25, -0.2) is 4.79 Å². The average molecular weight is 276 g/mol. The third-order valence-corrected chi connectivity index (χ3v) is 2.71. The second kappa shape index (κ2) is 5.39. The third-order valence-electron chi connectivity index (χ3n) is 2.71. The number of aryl methyl sites for hydroxylation is 1. The molecule has 0 radical (unpaired) electrons. The van der Waals surface area contributed by atoms with E-state index in [0.717, 1.165) is 0 Å². The Balaban J connectivity index is 2.29. The van der Waals surface area contributed by atoms with E-state index >= 15 is 0 Å². The molecule has 0 aliphatic heterocycles. The van der Waals surface area contributed by atoms with Crippen LogP contribution in [0, 0.1) is 10.1 Å². The molecular formula is C12H12N4O4. The minimum Gasteiger partial charge on any atom is -0.477 e. The van der Waals surface area contributed by atoms with Crippen LogP contribution in [-0.4, -0.2) is 25.8 Å². The van der Waals surface area contributed by atoms with Crippen molar-refractivity contribution in [3.63, 3.8) is 0 Å². The quantitative estimate of drug-likeness (QED) is 0.634. The van der Waals surface area contributed by atoms with Crippen LogP contribution in [0.4, 0.5) is 11.5 Å². The molecule has 0 fully saturated rings. The molecule has 2 aromatic rings. The molecule has 2 N–H and O–H groups in total. The first kappa shape index (κ1) is 13.5. The van der Waals surface area contributed by atoms with Crippen LogP contribution < -0.4 is 5.32 Å². The SMILES string of the molecule is Cn1ccc(NCc2cccc([N+](=O)[O-])c2C(=O)O)n1. The predicted octanol–water partition coefficient (Wildman–Crippen LogP) is 1.64. The van der Waals surface area contributed by atoms with E-state index < -0.39 is 16.6 Å². The maximum absolute atomic E-state index is 11.2. The lowest BCUT2D eigenvalue weighted by Crippen LogP contribution is -2.10. The minimum atomic E-state index is -1.32. The molecule has 1 aromatic heterocycles. The summed E-state index contributed by atoms with van der Waals surface area (Å²) < 4.78 is 1.59. The first-order valence-electron chi connectivity index (χ1n) is 5.72. The molecular weight excluding hydrogens is 264 g/mol. The lowest BCUT2D eigenvalue weighted by Gasteiger charge is -2.07. The van der Waals surface area contributed by atoms with E-state index in [9.17, 15) is 14.9 Å². The standard InChI is InChI=1S/C12H12N4O4/c1-15-6-5-10(14-15)13-7-8-3-2-4-9(16(19)20)11(8)12(17)18/h2-6H,7H2,1H3,(H,13,14)(H,17,18). The molecule has 0 atom stereocenters. The number of nitrogens with zero attached hydrogens (tertiary/aromatic N) is 3. The summed E-state index contributed by atoms with van der Waals surface area (Å²) in [5.41, 5.74) is -0.392. The van der Waals surface area contributed by atoms with Gasteiger partial charge < -0.3 is 10.4 Å². The molecule has 1 heterocycles. The molecule has 0 unspecified atom stereocenters. The van der Waals surface area contributed by atoms with Crippen molar-refractivity contribution >= 4 is 17.5 Å². The summed E-state index contributed by atoms with van der Waals surface area (Å²) in [6.07, 6.45) is 1.73. The summed E-state index contributed by atoms with van der Waals surface area (Å²) in [6.45, 7) is 0.139. The van der Waals surface area contributed by atoms with E-state index in [4.69, 9.17) is 5.11 Å². The van der Waals surface area contributed by atoms with Crippen LogP contribution in [0.15, 0.2) is 30.5 Å². The van der Waals surface area contributed by atoms with Gasteiger partial charge in [-0.3, -0.25) is 14.8 Å². The summed E-state index contributed by atoms with van der Waals surface area (Å²) in [4.78, 5) is 21.4. The van der Waals surface area contributed by atoms with Crippen LogP contribution >= 0.6 is 0 Å². The van der Waals surface area contributed by atoms with E-state index in [2.05, 4.69) is 10.4 Å². The number of nitro benzene ring substituents is 1. The number of hydrogen-bond donors (Lipinski definition) is 2. The maximum atomic E-state index is 11.2. The number of benzene rings is 1. The van der Waals surface area contributed by atoms with Gasteiger partial charge in [-0.1, -0.05) is 12.1 Å². The Morgan fingerprint density at radius 1 is 1.50 bits per heavy atom. The van der Waals surface area contributed by atoms with Crippen molar-refractivity contribution in [3.8, 4) is 0 Å². The van der Waals surface area contributed by atoms with Crippen molar-refractivity contribution in [3.05, 3.63) is 51.7 Å². The molecule has 20 heavy (non-hydrogen) atoms. The fraction of sp³-hybridized carbons (Fsp3) is 0.167. The van der Waals surface area contributed by atoms with Gasteiger partial charge in [-0.15, -0.1) is 0 Å². The lowest BCUT2D eigenvalue weighted by molar-refractivity contribution is -0.385. The molecule has 104 valence electrons. The molecule has 0 aliphatic rings. The highest BCUT2D eigenvalue weighted by Gasteiger charge is 2.23. The Labute approximate surface area is 113 Å². The van der Waals surface area contributed by atoms with Gasteiger partial charge in [0.05, 0.1) is 4.92 Å². The molecule has 0 saturated carbocycles. The number of aromatic nitrogens is 2. The topological polar surface area (TPSA) is 110 Å². The van der Waals surface area contributed by atoms with E-state index in [0.29, 0.717) is 11.4 Å². The smallest absolute Gasteiger partial charge is 0.343 e. The number of hydrogen-bond acceptors (Lipinski definition) is 5. The number of anilines is 1. The highest BCUT2D eigenvalue weighted by atomic mass is 16.6. The second-order valence-corrected chi connectivity index (χ2v) is 4.10. The maximum Gasteiger partial charge on any atom is 0.343 e. The third kappa shape index (κ3) is 2.74. The molecule has 0 bridgehead atoms. The number of rotatable bonds is 5. The normalized spacial score (nSPS) is 10.2. The Morgan fingerprint density at radius 3 is 2.80 bits per heavy atom. The van der Waals surface area contributed by atoms with Gasteiger partial charge in [0.1, 0.15) is 11.4 Å². The summed E-state index contributed by atoms with van der Waals surface area (Å²) >= 11 is 0. The molecule has 0 aliphatic carbocycles. The van der Waals surface area contributed by atoms with Gasteiger partial charge in [0.2, 0.25) is 0 Å². The zero-order chi connectivity index (χ0) is 14.7. The Kier molecular flexibility index (Phi) is 3.65. The fourth-order valence-corrected chi connectivity index (χ4v) is 1.83. The first-order valence-corrected chi connectivity index (χ1v) is 5.72. The molecule has 0 saturated heterocycles. The van der Waals surface area contributed by atoms with E-state index in [-0.39, 0.29) is 12.1 Å². The van der Waals surface area contributed by atoms with Gasteiger partial charge in [0.25, 0.3) is 5.69 Å². The second-order valence-electron chi connectivity index (χ2n) is 4.10. The fourth-order valence-electron chi connectivity index (χ4n) is 1.83. The van der Waals surface area contributed by atoms with Crippen molar-refractivity contribution in [2.24, 2.45) is 7.05 Å². The van der Waals surface area contributed by atoms with Gasteiger partial charge in [-0.05, 0) is 5.56 Å². The molecule has 0 amide bonds. The number of aromatic carboxylic acids is 1. The summed E-state index contributed by atoms with van der Waals surface area (Å²) in [5.74, 6) is -0.759. The van der Waals surface area contributed by atoms with E-state index in [1.807, 2.05) is 0 Å². The van der Waals surface area contributed by atoms with Crippen LogP contribution in [0.2, 0.25) is 0 Å². The van der Waals surface area contributed by atoms with Crippen molar-refractivity contribution < 1.29 is 14.8 Å². The average Bonchev–Trinajstić information content (AvgIpc) is 2.81. The van der Waals surface area contributed by atoms with Crippen molar-refractivity contribution in [2.75, 3.05) is 5.32 Å². The number of carbonyl (C=O) groups is 1. The van der Waals surface area contributed by atoms with Crippen LogP contribution in [0.25, 0.3) is 0 Å². The zero-order valence-corrected chi connectivity index (χ0v) is 10.6. The lowest BCUT2D eigenvalue weighted by atomic mass is 10.1. The summed E-state index contributed by atoms with van der Waals surface area (Å²) in [6, 6.07) is 5.89. The van der Waals surface area contributed by atoms with Crippen LogP contribution in [0.3, 0.4) is 0 Å². The van der Waals surface area contributed by atoms with Crippen LogP contribution in [0.5, 0.6) is 0 Å². The number of carboxylic acids is 1. The highest BCUT2D eigenvalue weighted by molar-refractivity contribution is 5.94. The van der Waals surface area contributed by atoms with Gasteiger partial charge in [0, 0.05) is 31.9 Å². The summed E-state index contributed by atoms with van der Waals surface area (Å²) in [7, 11) is 1.75. The van der Waals surface area contributed by atoms with Gasteiger partial charge >= 0.3 is 5.97 Å². The molecule has 1 aromatic carbocycles. The number of carboxylic acid groups (broad SMARTS) is 1. The predicted molar refractivity (Wildman–Crippen MR) is 70.6 cm³/mol. The molecule has 8 nitrogen and oxygen atoms in total. The van der Waals surface area contributed by atoms with Gasteiger partial charge in [-0.2, -0.15) is 5.10 Å². The highest BCUT2D eigenvalue weighted by Crippen LogP contribution is 2.23. The largest absolute Gasteiger partial charge is 0.477 e. The van der Waals surface area contributed by atoms with Crippen molar-refractivity contribution in [1.29, 1.82) is 0 Å². The Bertz CT molecular complexity index is 665. The molecule has 2 rings (SSSR count). The van der Waals surface area contributed by atoms with Crippen molar-refractivity contribution in [2.45, 2.75) is 6.54 Å². The molecule has 8 heteroatoms.